The number of nitrogens with zero attached hydrogens (tertiary/aromatic N) is 5. The predicted molar refractivity (Wildman–Crippen MR) is 61.9 cm³/mol. The van der Waals surface area contributed by atoms with E-state index < -0.39 is 0 Å². The average molecular weight is 276 g/mol. The van der Waals surface area contributed by atoms with Gasteiger partial charge in [0.25, 0.3) is 0 Å². The van der Waals surface area contributed by atoms with Gasteiger partial charge < -0.3 is 4.57 Å². The molecule has 0 aromatic carbocycles. The molecule has 2 heterocycles. The first-order valence-electron chi connectivity index (χ1n) is 4.30. The van der Waals surface area contributed by atoms with Gasteiger partial charge in [-0.05, 0) is 24.8 Å². The summed E-state index contributed by atoms with van der Waals surface area (Å²) in [5.41, 5.74) is 0. The van der Waals surface area contributed by atoms with Crippen LogP contribution >= 0.6 is 35.0 Å². The maximum absolute atomic E-state index is 5.89. The van der Waals surface area contributed by atoms with Gasteiger partial charge in [-0.25, -0.2) is 0 Å². The Morgan fingerprint density at radius 3 is 2.56 bits per heavy atom. The average Bonchev–Trinajstić information content (AvgIpc) is 2.55. The third kappa shape index (κ3) is 2.28. The monoisotopic (exact) mass is 275 g/mol. The molecule has 0 aliphatic carbocycles. The second-order valence-electron chi connectivity index (χ2n) is 3.01. The van der Waals surface area contributed by atoms with Crippen LogP contribution in [0.3, 0.4) is 0 Å². The van der Waals surface area contributed by atoms with Gasteiger partial charge in [0, 0.05) is 7.05 Å². The molecule has 16 heavy (non-hydrogen) atoms. The lowest BCUT2D eigenvalue weighted by molar-refractivity contribution is 0.765. The van der Waals surface area contributed by atoms with Gasteiger partial charge in [-0.3, -0.25) is 0 Å². The van der Waals surface area contributed by atoms with Gasteiger partial charge in [0.2, 0.25) is 0 Å². The van der Waals surface area contributed by atoms with Crippen LogP contribution < -0.4 is 0 Å². The fourth-order valence-electron chi connectivity index (χ4n) is 0.984. The van der Waals surface area contributed by atoms with Crippen molar-refractivity contribution in [1.82, 2.24) is 25.0 Å². The molecule has 0 amide bonds. The molecular weight excluding hydrogens is 269 g/mol. The van der Waals surface area contributed by atoms with Crippen LogP contribution in [0.2, 0.25) is 10.3 Å². The Morgan fingerprint density at radius 2 is 1.94 bits per heavy atom. The number of aryl methyl sites for hydroxylation is 1. The number of hydrogen-bond donors (Lipinski definition) is 0. The summed E-state index contributed by atoms with van der Waals surface area (Å²) >= 11 is 13.0. The minimum absolute atomic E-state index is 0.297. The third-order valence-electron chi connectivity index (χ3n) is 1.94. The first-order chi connectivity index (χ1) is 7.58. The molecule has 2 aromatic heterocycles. The molecule has 0 aliphatic heterocycles. The van der Waals surface area contributed by atoms with Crippen molar-refractivity contribution in [3.05, 3.63) is 22.2 Å². The molecule has 0 saturated heterocycles. The lowest BCUT2D eigenvalue weighted by Crippen LogP contribution is -1.94. The quantitative estimate of drug-likeness (QED) is 0.842. The lowest BCUT2D eigenvalue weighted by atomic mass is 10.6. The summed E-state index contributed by atoms with van der Waals surface area (Å²) in [5.74, 6) is 0.826. The van der Waals surface area contributed by atoms with E-state index in [-0.39, 0.29) is 0 Å². The first kappa shape index (κ1) is 11.6. The minimum Gasteiger partial charge on any atom is -0.309 e. The molecule has 0 fully saturated rings. The smallest absolute Gasteiger partial charge is 0.195 e. The fourth-order valence-corrected chi connectivity index (χ4v) is 2.25. The second kappa shape index (κ2) is 4.57. The lowest BCUT2D eigenvalue weighted by Gasteiger charge is -2.02. The third-order valence-corrected chi connectivity index (χ3v) is 3.59. The molecule has 0 radical (unpaired) electrons. The van der Waals surface area contributed by atoms with Crippen LogP contribution in [0.25, 0.3) is 0 Å². The van der Waals surface area contributed by atoms with E-state index in [0.29, 0.717) is 15.2 Å². The maximum atomic E-state index is 5.89. The summed E-state index contributed by atoms with van der Waals surface area (Å²) in [6.07, 6.45) is 0. The Labute approximate surface area is 106 Å². The van der Waals surface area contributed by atoms with Crippen molar-refractivity contribution in [2.75, 3.05) is 0 Å². The van der Waals surface area contributed by atoms with E-state index in [2.05, 4.69) is 20.4 Å². The van der Waals surface area contributed by atoms with Gasteiger partial charge in [-0.15, -0.1) is 20.4 Å². The molecule has 0 atom stereocenters. The molecular formula is C8H7Cl2N5S. The Morgan fingerprint density at radius 1 is 1.19 bits per heavy atom. The summed E-state index contributed by atoms with van der Waals surface area (Å²) in [5, 5.41) is 16.6. The highest BCUT2D eigenvalue weighted by molar-refractivity contribution is 7.99. The van der Waals surface area contributed by atoms with Gasteiger partial charge in [0.05, 0.1) is 4.90 Å². The van der Waals surface area contributed by atoms with Crippen molar-refractivity contribution in [2.24, 2.45) is 7.05 Å². The molecule has 0 N–H and O–H groups in total. The van der Waals surface area contributed by atoms with Crippen LogP contribution in [0.15, 0.2) is 16.1 Å². The van der Waals surface area contributed by atoms with E-state index in [1.54, 1.807) is 6.07 Å². The van der Waals surface area contributed by atoms with Gasteiger partial charge >= 0.3 is 0 Å². The van der Waals surface area contributed by atoms with Crippen LogP contribution in [0.5, 0.6) is 0 Å². The number of halogens is 2. The van der Waals surface area contributed by atoms with E-state index in [0.717, 1.165) is 11.0 Å². The highest BCUT2D eigenvalue weighted by Gasteiger charge is 2.11. The molecule has 0 spiro atoms. The molecule has 2 aromatic rings. The van der Waals surface area contributed by atoms with E-state index in [1.165, 1.54) is 11.8 Å². The summed E-state index contributed by atoms with van der Waals surface area (Å²) < 4.78 is 1.86. The summed E-state index contributed by atoms with van der Waals surface area (Å²) in [6.45, 7) is 1.87. The van der Waals surface area contributed by atoms with E-state index in [1.807, 2.05) is 18.5 Å². The van der Waals surface area contributed by atoms with Crippen molar-refractivity contribution in [1.29, 1.82) is 0 Å². The Hall–Kier alpha value is -0.850. The minimum atomic E-state index is 0.297. The molecule has 0 saturated carbocycles. The van der Waals surface area contributed by atoms with Crippen molar-refractivity contribution in [2.45, 2.75) is 17.0 Å². The molecule has 5 nitrogen and oxygen atoms in total. The van der Waals surface area contributed by atoms with E-state index in [4.69, 9.17) is 23.2 Å². The SMILES string of the molecule is Cc1nnc(Sc2cc(Cl)nnc2Cl)n1C. The first-order valence-corrected chi connectivity index (χ1v) is 5.87. The van der Waals surface area contributed by atoms with Crippen molar-refractivity contribution in [3.8, 4) is 0 Å². The standard InChI is InChI=1S/C8H7Cl2N5S/c1-4-11-14-8(15(4)2)16-5-3-6(9)12-13-7(5)10/h3H,1-2H3. The van der Waals surface area contributed by atoms with Crippen molar-refractivity contribution in [3.63, 3.8) is 0 Å². The molecule has 0 aliphatic rings. The summed E-state index contributed by atoms with van der Waals surface area (Å²) in [7, 11) is 1.88. The maximum Gasteiger partial charge on any atom is 0.195 e. The molecule has 0 bridgehead atoms. The molecule has 84 valence electrons. The Kier molecular flexibility index (Phi) is 3.32. The van der Waals surface area contributed by atoms with Crippen LogP contribution in [0, 0.1) is 6.92 Å². The topological polar surface area (TPSA) is 56.5 Å². The highest BCUT2D eigenvalue weighted by Crippen LogP contribution is 2.31. The van der Waals surface area contributed by atoms with Gasteiger partial charge in [-0.2, -0.15) is 0 Å². The Balaban J connectivity index is 2.33. The molecule has 2 rings (SSSR count). The van der Waals surface area contributed by atoms with Gasteiger partial charge in [0.15, 0.2) is 15.5 Å². The van der Waals surface area contributed by atoms with Crippen molar-refractivity contribution >= 4 is 35.0 Å². The largest absolute Gasteiger partial charge is 0.309 e. The zero-order valence-electron chi connectivity index (χ0n) is 8.48. The zero-order chi connectivity index (χ0) is 11.7. The van der Waals surface area contributed by atoms with Gasteiger partial charge in [0.1, 0.15) is 5.82 Å². The van der Waals surface area contributed by atoms with Crippen molar-refractivity contribution < 1.29 is 0 Å². The fraction of sp³-hybridized carbons (Fsp3) is 0.250. The van der Waals surface area contributed by atoms with Crippen LogP contribution in [-0.2, 0) is 7.05 Å². The van der Waals surface area contributed by atoms with E-state index in [9.17, 15) is 0 Å². The molecule has 0 unspecified atom stereocenters. The highest BCUT2D eigenvalue weighted by atomic mass is 35.5. The zero-order valence-corrected chi connectivity index (χ0v) is 10.8. The van der Waals surface area contributed by atoms with Gasteiger partial charge in [-0.1, -0.05) is 23.2 Å². The van der Waals surface area contributed by atoms with E-state index >= 15 is 0 Å². The predicted octanol–water partition coefficient (Wildman–Crippen LogP) is 2.37. The normalized spacial score (nSPS) is 10.8. The summed E-state index contributed by atoms with van der Waals surface area (Å²) in [4.78, 5) is 0.706. The molecule has 8 heteroatoms. The number of hydrogen-bond acceptors (Lipinski definition) is 5. The van der Waals surface area contributed by atoms with Crippen LogP contribution in [0.4, 0.5) is 0 Å². The second-order valence-corrected chi connectivity index (χ2v) is 4.77. The number of aromatic nitrogens is 5. The Bertz CT molecular complexity index is 527. The number of rotatable bonds is 2. The van der Waals surface area contributed by atoms with Crippen LogP contribution in [0.1, 0.15) is 5.82 Å². The van der Waals surface area contributed by atoms with Crippen LogP contribution in [-0.4, -0.2) is 25.0 Å². The summed E-state index contributed by atoms with van der Waals surface area (Å²) in [6, 6.07) is 1.64.